The average Bonchev–Trinajstić information content (AvgIpc) is 4.01. The number of nitrogens with zero attached hydrogens (tertiary/aromatic N) is 9. The first-order chi connectivity index (χ1) is 30.6. The number of para-hydroxylation sites is 1. The topological polar surface area (TPSA) is 137 Å². The molecule has 4 amide bonds. The van der Waals surface area contributed by atoms with E-state index in [0.717, 1.165) is 11.6 Å². The number of urea groups is 2. The Morgan fingerprint density at radius 2 is 1.25 bits per heavy atom. The smallest absolute Gasteiger partial charge is 0.413 e. The van der Waals surface area contributed by atoms with Crippen molar-refractivity contribution in [1.82, 2.24) is 35.1 Å². The van der Waals surface area contributed by atoms with Crippen molar-refractivity contribution in [3.8, 4) is 22.9 Å². The van der Waals surface area contributed by atoms with Gasteiger partial charge in [0.25, 0.3) is 5.89 Å². The second-order valence-corrected chi connectivity index (χ2v) is 15.0. The number of benzene rings is 4. The van der Waals surface area contributed by atoms with Crippen molar-refractivity contribution in [1.29, 1.82) is 0 Å². The lowest BCUT2D eigenvalue weighted by atomic mass is 10.0. The van der Waals surface area contributed by atoms with Gasteiger partial charge in [-0.3, -0.25) is 14.7 Å². The summed E-state index contributed by atoms with van der Waals surface area (Å²) in [5.41, 5.74) is 2.82. The van der Waals surface area contributed by atoms with Crippen LogP contribution in [0.5, 0.6) is 0 Å². The van der Waals surface area contributed by atoms with Crippen LogP contribution in [0.1, 0.15) is 34.5 Å². The van der Waals surface area contributed by atoms with Crippen molar-refractivity contribution in [3.05, 3.63) is 131 Å². The van der Waals surface area contributed by atoms with E-state index in [0.29, 0.717) is 61.9 Å². The molecule has 2 saturated heterocycles. The molecule has 21 heteroatoms. The number of hydrogen-bond donors (Lipinski definition) is 0. The number of alkyl halides is 6. The molecule has 0 saturated carbocycles. The van der Waals surface area contributed by atoms with Crippen LogP contribution >= 0.6 is 0 Å². The van der Waals surface area contributed by atoms with Crippen molar-refractivity contribution < 1.29 is 53.9 Å². The Bertz CT molecular complexity index is 2580. The third-order valence-corrected chi connectivity index (χ3v) is 10.8. The summed E-state index contributed by atoms with van der Waals surface area (Å²) in [6.45, 7) is 2.41. The molecular weight excluding hydrogens is 856 g/mol. The van der Waals surface area contributed by atoms with Gasteiger partial charge in [0, 0.05) is 49.7 Å². The van der Waals surface area contributed by atoms with Gasteiger partial charge in [0.05, 0.1) is 37.9 Å². The Kier molecular flexibility index (Phi) is 12.4. The molecule has 1 unspecified atom stereocenters. The number of morpholine rings is 1. The summed E-state index contributed by atoms with van der Waals surface area (Å²) in [6, 6.07) is 25.5. The summed E-state index contributed by atoms with van der Waals surface area (Å²) < 4.78 is 109. The molecule has 2 fully saturated rings. The van der Waals surface area contributed by atoms with Crippen molar-refractivity contribution in [2.75, 3.05) is 62.8 Å². The maximum atomic E-state index is 15.5. The lowest BCUT2D eigenvalue weighted by Gasteiger charge is -2.42. The number of hydrogen-bond acceptors (Lipinski definition) is 10. The van der Waals surface area contributed by atoms with E-state index >= 15 is 4.39 Å². The Hall–Kier alpha value is -6.87. The fourth-order valence-electron chi connectivity index (χ4n) is 7.40. The van der Waals surface area contributed by atoms with Crippen molar-refractivity contribution in [3.63, 3.8) is 0 Å². The molecule has 6 aromatic rings. The number of ether oxygens (including phenoxy) is 1. The predicted octanol–water partition coefficient (Wildman–Crippen LogP) is 8.54. The maximum absolute atomic E-state index is 15.5. The van der Waals surface area contributed by atoms with Gasteiger partial charge in [0.15, 0.2) is 0 Å². The van der Waals surface area contributed by atoms with E-state index in [4.69, 9.17) is 9.15 Å². The van der Waals surface area contributed by atoms with Gasteiger partial charge in [-0.15, -0.1) is 20.4 Å². The Balaban J connectivity index is 1.03. The number of rotatable bonds is 9. The Morgan fingerprint density at radius 1 is 0.656 bits per heavy atom. The maximum Gasteiger partial charge on any atom is 0.470 e. The molecule has 2 aliphatic heterocycles. The number of halogens is 7. The summed E-state index contributed by atoms with van der Waals surface area (Å²) in [6.07, 6.45) is -9.69. The highest BCUT2D eigenvalue weighted by atomic mass is 19.4. The molecule has 2 aromatic heterocycles. The first-order valence-corrected chi connectivity index (χ1v) is 19.9. The molecule has 0 spiro atoms. The van der Waals surface area contributed by atoms with Gasteiger partial charge in [0.1, 0.15) is 5.82 Å². The van der Waals surface area contributed by atoms with E-state index in [1.807, 2.05) is 25.2 Å². The molecular formula is C43H38F7N9O5. The summed E-state index contributed by atoms with van der Waals surface area (Å²) in [7, 11) is 1.93. The van der Waals surface area contributed by atoms with Crippen molar-refractivity contribution in [2.45, 2.75) is 31.5 Å². The highest BCUT2D eigenvalue weighted by molar-refractivity contribution is 5.93. The van der Waals surface area contributed by atoms with Gasteiger partial charge < -0.3 is 23.4 Å². The van der Waals surface area contributed by atoms with E-state index in [-0.39, 0.29) is 54.8 Å². The molecule has 334 valence electrons. The minimum atomic E-state index is -4.91. The van der Waals surface area contributed by atoms with E-state index in [9.17, 15) is 35.9 Å². The third-order valence-electron chi connectivity index (χ3n) is 10.8. The lowest BCUT2D eigenvalue weighted by Crippen LogP contribution is -2.53. The number of carbonyl (C=O) groups is 2. The quantitative estimate of drug-likeness (QED) is 0.130. The van der Waals surface area contributed by atoms with Crippen LogP contribution in [0.15, 0.2) is 106 Å². The number of piperazine rings is 1. The number of amides is 4. The third kappa shape index (κ3) is 9.69. The standard InChI is InChI=1S/C43H38F7N9O5/c1-55-16-17-57(41(61)58(31-7-3-2-4-8-31)24-27-10-13-29(14-11-27)36-51-53-38(63-36)42(45,46)47)26-35(55)30-6-5-9-32(23-30)59(40(60)56-18-20-62-21-19-56)25-28-12-15-33(34(44)22-28)37-52-54-39(64-37)43(48,49)50/h2-15,22-23,35H,16-21,24-26H2,1H3. The molecule has 4 heterocycles. The largest absolute Gasteiger partial charge is 0.470 e. The number of likely N-dealkylation sites (N-methyl/N-ethyl adjacent to an activating group) is 1. The molecule has 0 bridgehead atoms. The molecule has 1 atom stereocenters. The van der Waals surface area contributed by atoms with Crippen molar-refractivity contribution in [2.24, 2.45) is 0 Å². The average molecular weight is 894 g/mol. The SMILES string of the molecule is CN1CCN(C(=O)N(Cc2ccc(-c3nnc(C(F)(F)F)o3)cc2)c2ccccc2)CC1c1cccc(N(Cc2ccc(-c3nnc(C(F)(F)F)o3)c(F)c2)C(=O)N2CCOCC2)c1. The normalized spacial score (nSPS) is 16.2. The Morgan fingerprint density at radius 3 is 1.91 bits per heavy atom. The fraction of sp³-hybridized carbons (Fsp3) is 0.302. The molecule has 0 N–H and O–H groups in total. The first kappa shape index (κ1) is 43.8. The number of carbonyl (C=O) groups excluding carboxylic acids is 2. The zero-order valence-corrected chi connectivity index (χ0v) is 33.9. The zero-order valence-electron chi connectivity index (χ0n) is 33.9. The van der Waals surface area contributed by atoms with Crippen molar-refractivity contribution >= 4 is 23.4 Å². The van der Waals surface area contributed by atoms with Gasteiger partial charge in [-0.25, -0.2) is 14.0 Å². The monoisotopic (exact) mass is 893 g/mol. The van der Waals surface area contributed by atoms with Gasteiger partial charge >= 0.3 is 36.2 Å². The molecule has 8 rings (SSSR count). The van der Waals surface area contributed by atoms with Crippen LogP contribution in [0.3, 0.4) is 0 Å². The molecule has 0 radical (unpaired) electrons. The lowest BCUT2D eigenvalue weighted by molar-refractivity contribution is -0.157. The van der Waals surface area contributed by atoms with E-state index in [2.05, 4.69) is 29.7 Å². The highest BCUT2D eigenvalue weighted by Gasteiger charge is 2.40. The predicted molar refractivity (Wildman–Crippen MR) is 215 cm³/mol. The van der Waals surface area contributed by atoms with E-state index in [1.165, 1.54) is 17.0 Å². The minimum absolute atomic E-state index is 0.115. The van der Waals surface area contributed by atoms with Crippen LogP contribution in [0.25, 0.3) is 22.9 Å². The van der Waals surface area contributed by atoms with Crippen LogP contribution < -0.4 is 9.80 Å². The highest BCUT2D eigenvalue weighted by Crippen LogP contribution is 2.34. The second-order valence-electron chi connectivity index (χ2n) is 15.0. The van der Waals surface area contributed by atoms with Gasteiger partial charge in [-0.2, -0.15) is 26.3 Å². The second kappa shape index (κ2) is 18.1. The summed E-state index contributed by atoms with van der Waals surface area (Å²) >= 11 is 0. The fourth-order valence-corrected chi connectivity index (χ4v) is 7.40. The van der Waals surface area contributed by atoms with Crippen LogP contribution in [-0.2, 0) is 30.2 Å². The summed E-state index contributed by atoms with van der Waals surface area (Å²) in [4.78, 5) is 37.3. The van der Waals surface area contributed by atoms with E-state index < -0.39 is 35.8 Å². The molecule has 64 heavy (non-hydrogen) atoms. The summed E-state index contributed by atoms with van der Waals surface area (Å²) in [5, 5.41) is 12.9. The molecule has 14 nitrogen and oxygen atoms in total. The van der Waals surface area contributed by atoms with Crippen LogP contribution in [-0.4, -0.2) is 100 Å². The molecule has 4 aromatic carbocycles. The van der Waals surface area contributed by atoms with Crippen LogP contribution in [0.2, 0.25) is 0 Å². The number of anilines is 2. The van der Waals surface area contributed by atoms with E-state index in [1.54, 1.807) is 75.4 Å². The van der Waals surface area contributed by atoms with Gasteiger partial charge in [-0.1, -0.05) is 48.5 Å². The minimum Gasteiger partial charge on any atom is -0.413 e. The first-order valence-electron chi connectivity index (χ1n) is 19.9. The van der Waals surface area contributed by atoms with Crippen LogP contribution in [0, 0.1) is 5.82 Å². The summed E-state index contributed by atoms with van der Waals surface area (Å²) in [5.74, 6) is -4.94. The Labute approximate surface area is 360 Å². The van der Waals surface area contributed by atoms with Gasteiger partial charge in [0.2, 0.25) is 5.89 Å². The zero-order chi connectivity index (χ0) is 45.2. The van der Waals surface area contributed by atoms with Gasteiger partial charge in [-0.05, 0) is 72.3 Å². The number of aromatic nitrogens is 4. The molecule has 2 aliphatic rings. The van der Waals surface area contributed by atoms with Crippen LogP contribution in [0.4, 0.5) is 51.7 Å². The molecule has 0 aliphatic carbocycles.